The summed E-state index contributed by atoms with van der Waals surface area (Å²) in [7, 11) is 0. The maximum Gasteiger partial charge on any atom is 0.253 e. The number of halogens is 18. The molecule has 0 aliphatic heterocycles. The van der Waals surface area contributed by atoms with E-state index in [0.29, 0.717) is 72.8 Å². The Hall–Kier alpha value is -5.81. The molecular weight excluding hydrogens is 796 g/mol. The van der Waals surface area contributed by atoms with Crippen LogP contribution in [-0.2, 0) is 0 Å². The summed E-state index contributed by atoms with van der Waals surface area (Å²) in [4.78, 5) is 0. The predicted molar refractivity (Wildman–Crippen MR) is 167 cm³/mol. The molecule has 0 fully saturated rings. The van der Waals surface area contributed by atoms with Crippen LogP contribution in [-0.4, -0.2) is 13.4 Å². The maximum absolute atomic E-state index is 14.3. The molecule has 0 aliphatic carbocycles. The van der Waals surface area contributed by atoms with Gasteiger partial charge in [-0.3, -0.25) is 0 Å². The molecule has 6 rings (SSSR count). The normalized spacial score (nSPS) is 11.0. The van der Waals surface area contributed by atoms with Gasteiger partial charge in [0.25, 0.3) is 6.71 Å². The molecule has 0 spiro atoms. The fourth-order valence-corrected chi connectivity index (χ4v) is 5.60. The molecule has 0 unspecified atom stereocenters. The quantitative estimate of drug-likeness (QED) is 0.0977. The third-order valence-corrected chi connectivity index (χ3v) is 8.15. The van der Waals surface area contributed by atoms with Gasteiger partial charge >= 0.3 is 0 Å². The number of rotatable bonds is 6. The van der Waals surface area contributed by atoms with Gasteiger partial charge in [-0.2, -0.15) is 0 Å². The second-order valence-electron chi connectivity index (χ2n) is 11.6. The molecule has 6 aromatic carbocycles. The number of hydrogen-bond donors (Lipinski definition) is 0. The first-order valence-corrected chi connectivity index (χ1v) is 15.1. The van der Waals surface area contributed by atoms with Crippen molar-refractivity contribution < 1.29 is 79.0 Å². The zero-order valence-corrected chi connectivity index (χ0v) is 26.9. The van der Waals surface area contributed by atoms with Gasteiger partial charge in [0.15, 0.2) is 105 Å². The molecule has 0 saturated heterocycles. The van der Waals surface area contributed by atoms with Gasteiger partial charge in [-0.1, -0.05) is 34.6 Å². The molecule has 0 N–H and O–H groups in total. The molecule has 56 heavy (non-hydrogen) atoms. The van der Waals surface area contributed by atoms with Crippen LogP contribution in [0.2, 0.25) is 0 Å². The molecule has 20 heteroatoms. The first-order valence-electron chi connectivity index (χ1n) is 15.1. The molecule has 0 heterocycles. The lowest BCUT2D eigenvalue weighted by atomic mass is 9.36. The first kappa shape index (κ1) is 41.4. The van der Waals surface area contributed by atoms with Crippen LogP contribution < -0.4 is 32.8 Å². The molecule has 0 atom stereocenters. The molecule has 288 valence electrons. The summed E-state index contributed by atoms with van der Waals surface area (Å²) in [5, 5.41) is 0. The van der Waals surface area contributed by atoms with Crippen LogP contribution in [0.25, 0.3) is 0 Å². The van der Waals surface area contributed by atoms with Crippen molar-refractivity contribution in [1.82, 2.24) is 0 Å². The average Bonchev–Trinajstić information content (AvgIpc) is 3.14. The largest absolute Gasteiger partial charge is 0.253 e. The van der Waals surface area contributed by atoms with Gasteiger partial charge in [0.2, 0.25) is 6.71 Å². The molecule has 0 radical (unpaired) electrons. The van der Waals surface area contributed by atoms with Gasteiger partial charge in [-0.05, 0) is 71.0 Å². The number of hydrogen-bond acceptors (Lipinski definition) is 0. The van der Waals surface area contributed by atoms with Crippen molar-refractivity contribution >= 4 is 46.2 Å². The summed E-state index contributed by atoms with van der Waals surface area (Å²) in [6, 6.07) is 5.66. The minimum atomic E-state index is -2.08. The van der Waals surface area contributed by atoms with E-state index in [0.717, 1.165) is 0 Å². The number of benzene rings is 6. The fraction of sp³-hybridized carbons (Fsp3) is 0. The summed E-state index contributed by atoms with van der Waals surface area (Å²) in [5.41, 5.74) is -4.25. The monoisotopic (exact) mass is 808 g/mol. The third kappa shape index (κ3) is 7.81. The molecule has 0 nitrogen and oxygen atoms in total. The van der Waals surface area contributed by atoms with Gasteiger partial charge in [0.05, 0.1) is 0 Å². The Labute approximate surface area is 302 Å². The zero-order chi connectivity index (χ0) is 41.5. The van der Waals surface area contributed by atoms with Gasteiger partial charge in [-0.15, -0.1) is 0 Å². The van der Waals surface area contributed by atoms with Crippen LogP contribution in [0.1, 0.15) is 0 Å². The SMILES string of the molecule is Fc1cc(B(c2cc(F)c(F)c(F)c2)c2cc(F)c(F)c(F)c2)cc(F)c1F.Fc1ccc(B(c2ccc(F)c(F)c2F)c2ccc(F)c(F)c2F)c(F)c1F. The van der Waals surface area contributed by atoms with Crippen molar-refractivity contribution in [3.8, 4) is 0 Å². The van der Waals surface area contributed by atoms with Crippen LogP contribution in [0.4, 0.5) is 79.0 Å². The zero-order valence-electron chi connectivity index (χ0n) is 26.9. The lowest BCUT2D eigenvalue weighted by Crippen LogP contribution is -2.56. The summed E-state index contributed by atoms with van der Waals surface area (Å²) in [6.45, 7) is -3.76. The Morgan fingerprint density at radius 2 is 0.429 bits per heavy atom. The van der Waals surface area contributed by atoms with E-state index >= 15 is 0 Å². The molecule has 0 amide bonds. The van der Waals surface area contributed by atoms with Crippen LogP contribution in [0.15, 0.2) is 72.8 Å². The molecule has 6 aromatic rings. The smallest absolute Gasteiger partial charge is 0.204 e. The minimum absolute atomic E-state index is 0.427. The summed E-state index contributed by atoms with van der Waals surface area (Å²) in [6.07, 6.45) is 0. The van der Waals surface area contributed by atoms with Gasteiger partial charge in [-0.25, -0.2) is 79.0 Å². The van der Waals surface area contributed by atoms with E-state index in [1.54, 1.807) is 0 Å². The fourth-order valence-electron chi connectivity index (χ4n) is 5.60. The van der Waals surface area contributed by atoms with E-state index in [9.17, 15) is 79.0 Å². The Bertz CT molecular complexity index is 2160. The van der Waals surface area contributed by atoms with Crippen molar-refractivity contribution in [1.29, 1.82) is 0 Å². The summed E-state index contributed by atoms with van der Waals surface area (Å²) >= 11 is 0. The van der Waals surface area contributed by atoms with E-state index in [2.05, 4.69) is 0 Å². The van der Waals surface area contributed by atoms with Crippen molar-refractivity contribution in [2.45, 2.75) is 0 Å². The van der Waals surface area contributed by atoms with Crippen LogP contribution in [0.3, 0.4) is 0 Å². The van der Waals surface area contributed by atoms with Crippen LogP contribution in [0.5, 0.6) is 0 Å². The van der Waals surface area contributed by atoms with E-state index in [4.69, 9.17) is 0 Å². The highest BCUT2D eigenvalue weighted by molar-refractivity contribution is 6.96. The molecule has 0 aliphatic rings. The first-order chi connectivity index (χ1) is 26.2. The van der Waals surface area contributed by atoms with Gasteiger partial charge in [0, 0.05) is 0 Å². The average molecular weight is 808 g/mol. The summed E-state index contributed by atoms with van der Waals surface area (Å²) < 4.78 is 245. The van der Waals surface area contributed by atoms with Crippen molar-refractivity contribution in [3.63, 3.8) is 0 Å². The van der Waals surface area contributed by atoms with Crippen molar-refractivity contribution in [2.75, 3.05) is 0 Å². The molecular formula is C36H12B2F18. The van der Waals surface area contributed by atoms with E-state index in [-0.39, 0.29) is 0 Å². The lowest BCUT2D eigenvalue weighted by molar-refractivity contribution is 0.447. The topological polar surface area (TPSA) is 0 Å². The standard InChI is InChI=1S/2C18H6BF9/c20-10-1-7(2-11(21)16(10)26)19(8-3-12(22)17(27)13(23)4-8)9-5-14(24)18(28)15(25)6-9;20-10-4-1-7(13(23)16(10)26)19(8-2-5-11(21)17(27)14(8)24)9-3-6-12(22)18(28)15(9)25/h2*1-6H. The Kier molecular flexibility index (Phi) is 11.9. The highest BCUT2D eigenvalue weighted by Crippen LogP contribution is 2.17. The van der Waals surface area contributed by atoms with E-state index in [1.165, 1.54) is 0 Å². The molecule has 0 aromatic heterocycles. The molecule has 0 saturated carbocycles. The van der Waals surface area contributed by atoms with Crippen LogP contribution in [0, 0.1) is 105 Å². The van der Waals surface area contributed by atoms with E-state index in [1.807, 2.05) is 0 Å². The van der Waals surface area contributed by atoms with E-state index < -0.39 is 151 Å². The second-order valence-corrected chi connectivity index (χ2v) is 11.6. The van der Waals surface area contributed by atoms with Crippen molar-refractivity contribution in [2.24, 2.45) is 0 Å². The Balaban J connectivity index is 0.000000214. The summed E-state index contributed by atoms with van der Waals surface area (Å²) in [5.74, 6) is -32.3. The third-order valence-electron chi connectivity index (χ3n) is 8.15. The maximum atomic E-state index is 14.3. The highest BCUT2D eigenvalue weighted by atomic mass is 19.2. The van der Waals surface area contributed by atoms with Crippen molar-refractivity contribution in [3.05, 3.63) is 178 Å². The molecule has 0 bridgehead atoms. The van der Waals surface area contributed by atoms with Gasteiger partial charge < -0.3 is 0 Å². The highest BCUT2D eigenvalue weighted by Gasteiger charge is 2.35. The second kappa shape index (κ2) is 16.1. The van der Waals surface area contributed by atoms with Crippen LogP contribution >= 0.6 is 0 Å². The lowest BCUT2D eigenvalue weighted by Gasteiger charge is -2.18. The Morgan fingerprint density at radius 3 is 0.643 bits per heavy atom. The predicted octanol–water partition coefficient (Wildman–Crippen LogP) is 6.91. The van der Waals surface area contributed by atoms with Gasteiger partial charge in [0.1, 0.15) is 0 Å². The minimum Gasteiger partial charge on any atom is -0.204 e. The Morgan fingerprint density at radius 1 is 0.214 bits per heavy atom.